The minimum Gasteiger partial charge on any atom is -0.364 e. The predicted octanol–water partition coefficient (Wildman–Crippen LogP) is 3.14. The summed E-state index contributed by atoms with van der Waals surface area (Å²) in [5.74, 6) is 2.98. The first-order chi connectivity index (χ1) is 7.34. The van der Waals surface area contributed by atoms with Crippen molar-refractivity contribution in [3.63, 3.8) is 0 Å². The number of rotatable bonds is 1. The van der Waals surface area contributed by atoms with Crippen molar-refractivity contribution < 1.29 is 4.52 Å². The molecule has 2 nitrogen and oxygen atoms in total. The standard InChI is InChI=1S/C13H17NO/c1-2-15-14-12(1)13-6-9-3-10(7-13)5-11(4-9)8-13/h1-2,9-11H,3-8H2. The van der Waals surface area contributed by atoms with E-state index in [1.54, 1.807) is 6.26 Å². The van der Waals surface area contributed by atoms with Crippen molar-refractivity contribution in [1.82, 2.24) is 5.16 Å². The highest BCUT2D eigenvalue weighted by Gasteiger charge is 2.52. The summed E-state index contributed by atoms with van der Waals surface area (Å²) in [6.07, 6.45) is 10.4. The van der Waals surface area contributed by atoms with Gasteiger partial charge in [0, 0.05) is 11.5 Å². The molecule has 1 aromatic heterocycles. The maximum absolute atomic E-state index is 5.05. The molecule has 5 rings (SSSR count). The molecule has 80 valence electrons. The molecular formula is C13H17NO. The molecule has 0 amide bonds. The molecule has 0 atom stereocenters. The average molecular weight is 203 g/mol. The number of nitrogens with zero attached hydrogens (tertiary/aromatic N) is 1. The van der Waals surface area contributed by atoms with Crippen LogP contribution in [0.5, 0.6) is 0 Å². The molecule has 0 unspecified atom stereocenters. The molecule has 0 aromatic carbocycles. The fourth-order valence-electron chi connectivity index (χ4n) is 4.91. The lowest BCUT2D eigenvalue weighted by atomic mass is 9.49. The second-order valence-corrected chi connectivity index (χ2v) is 6.08. The van der Waals surface area contributed by atoms with Crippen LogP contribution in [0.1, 0.15) is 44.2 Å². The van der Waals surface area contributed by atoms with Crippen molar-refractivity contribution in [2.24, 2.45) is 17.8 Å². The van der Waals surface area contributed by atoms with Crippen molar-refractivity contribution >= 4 is 0 Å². The molecule has 2 heteroatoms. The van der Waals surface area contributed by atoms with Crippen LogP contribution in [0.15, 0.2) is 16.9 Å². The summed E-state index contributed by atoms with van der Waals surface area (Å²) in [5, 5.41) is 4.23. The van der Waals surface area contributed by atoms with E-state index in [-0.39, 0.29) is 0 Å². The normalized spacial score (nSPS) is 47.3. The van der Waals surface area contributed by atoms with Crippen LogP contribution in [0.4, 0.5) is 0 Å². The molecular weight excluding hydrogens is 186 g/mol. The Balaban J connectivity index is 1.77. The first kappa shape index (κ1) is 8.37. The van der Waals surface area contributed by atoms with E-state index >= 15 is 0 Å². The van der Waals surface area contributed by atoms with Gasteiger partial charge in [0.1, 0.15) is 6.26 Å². The molecule has 15 heavy (non-hydrogen) atoms. The maximum atomic E-state index is 5.05. The Morgan fingerprint density at radius 3 is 2.13 bits per heavy atom. The Hall–Kier alpha value is -0.790. The summed E-state index contributed by atoms with van der Waals surface area (Å²) in [6, 6.07) is 2.10. The van der Waals surface area contributed by atoms with E-state index in [0.717, 1.165) is 17.8 Å². The summed E-state index contributed by atoms with van der Waals surface area (Å²) in [7, 11) is 0. The lowest BCUT2D eigenvalue weighted by molar-refractivity contribution is -0.00846. The van der Waals surface area contributed by atoms with E-state index in [0.29, 0.717) is 5.41 Å². The summed E-state index contributed by atoms with van der Waals surface area (Å²) in [6.45, 7) is 0. The van der Waals surface area contributed by atoms with Crippen LogP contribution in [-0.2, 0) is 5.41 Å². The van der Waals surface area contributed by atoms with Crippen molar-refractivity contribution in [3.05, 3.63) is 18.0 Å². The topological polar surface area (TPSA) is 26.0 Å². The fraction of sp³-hybridized carbons (Fsp3) is 0.769. The van der Waals surface area contributed by atoms with Gasteiger partial charge in [0.05, 0.1) is 5.69 Å². The van der Waals surface area contributed by atoms with Crippen LogP contribution in [-0.4, -0.2) is 5.16 Å². The molecule has 0 aliphatic heterocycles. The van der Waals surface area contributed by atoms with Gasteiger partial charge in [-0.2, -0.15) is 0 Å². The van der Waals surface area contributed by atoms with Gasteiger partial charge in [-0.3, -0.25) is 0 Å². The number of hydrogen-bond acceptors (Lipinski definition) is 2. The van der Waals surface area contributed by atoms with Gasteiger partial charge in [0.25, 0.3) is 0 Å². The van der Waals surface area contributed by atoms with Crippen molar-refractivity contribution in [1.29, 1.82) is 0 Å². The van der Waals surface area contributed by atoms with E-state index in [4.69, 9.17) is 4.52 Å². The molecule has 0 radical (unpaired) electrons. The molecule has 4 bridgehead atoms. The first-order valence-corrected chi connectivity index (χ1v) is 6.25. The van der Waals surface area contributed by atoms with E-state index in [1.807, 2.05) is 0 Å². The van der Waals surface area contributed by atoms with Gasteiger partial charge in [0.2, 0.25) is 0 Å². The summed E-state index contributed by atoms with van der Waals surface area (Å²) >= 11 is 0. The Kier molecular flexibility index (Phi) is 1.48. The smallest absolute Gasteiger partial charge is 0.124 e. The molecule has 0 saturated heterocycles. The first-order valence-electron chi connectivity index (χ1n) is 6.25. The predicted molar refractivity (Wildman–Crippen MR) is 56.4 cm³/mol. The third-order valence-corrected chi connectivity index (χ3v) is 5.02. The molecule has 1 aromatic rings. The van der Waals surface area contributed by atoms with Crippen LogP contribution in [0.25, 0.3) is 0 Å². The molecule has 4 aliphatic rings. The van der Waals surface area contributed by atoms with Gasteiger partial charge in [-0.05, 0) is 56.3 Å². The quantitative estimate of drug-likeness (QED) is 0.700. The van der Waals surface area contributed by atoms with Gasteiger partial charge in [-0.15, -0.1) is 0 Å². The van der Waals surface area contributed by atoms with Gasteiger partial charge in [0.15, 0.2) is 0 Å². The highest BCUT2D eigenvalue weighted by Crippen LogP contribution is 2.60. The number of aromatic nitrogens is 1. The SMILES string of the molecule is c1cc(C23CC4CC(CC(C4)C2)C3)no1. The van der Waals surface area contributed by atoms with Crippen molar-refractivity contribution in [3.8, 4) is 0 Å². The van der Waals surface area contributed by atoms with Crippen molar-refractivity contribution in [2.75, 3.05) is 0 Å². The Bertz CT molecular complexity index is 333. The molecule has 4 aliphatic carbocycles. The number of hydrogen-bond donors (Lipinski definition) is 0. The summed E-state index contributed by atoms with van der Waals surface area (Å²) in [5.41, 5.74) is 1.67. The highest BCUT2D eigenvalue weighted by atomic mass is 16.5. The second-order valence-electron chi connectivity index (χ2n) is 6.08. The molecule has 4 saturated carbocycles. The van der Waals surface area contributed by atoms with Gasteiger partial charge in [-0.1, -0.05) is 5.16 Å². The van der Waals surface area contributed by atoms with Gasteiger partial charge in [-0.25, -0.2) is 0 Å². The van der Waals surface area contributed by atoms with Crippen molar-refractivity contribution in [2.45, 2.75) is 43.9 Å². The van der Waals surface area contributed by atoms with Gasteiger partial charge < -0.3 is 4.52 Å². The lowest BCUT2D eigenvalue weighted by Crippen LogP contribution is -2.48. The van der Waals surface area contributed by atoms with Gasteiger partial charge >= 0.3 is 0 Å². The molecule has 1 heterocycles. The minimum atomic E-state index is 0.418. The second kappa shape index (κ2) is 2.66. The van der Waals surface area contributed by atoms with Crippen LogP contribution < -0.4 is 0 Å². The Morgan fingerprint density at radius 2 is 1.67 bits per heavy atom. The fourth-order valence-corrected chi connectivity index (χ4v) is 4.91. The average Bonchev–Trinajstić information content (AvgIpc) is 2.67. The lowest BCUT2D eigenvalue weighted by Gasteiger charge is -2.56. The molecule has 0 spiro atoms. The zero-order valence-electron chi connectivity index (χ0n) is 8.98. The van der Waals surface area contributed by atoms with Crippen LogP contribution in [0.3, 0.4) is 0 Å². The zero-order valence-corrected chi connectivity index (χ0v) is 8.98. The van der Waals surface area contributed by atoms with Crippen LogP contribution in [0.2, 0.25) is 0 Å². The van der Waals surface area contributed by atoms with Crippen LogP contribution >= 0.6 is 0 Å². The summed E-state index contributed by atoms with van der Waals surface area (Å²) in [4.78, 5) is 0. The largest absolute Gasteiger partial charge is 0.364 e. The third-order valence-electron chi connectivity index (χ3n) is 5.02. The van der Waals surface area contributed by atoms with E-state index in [9.17, 15) is 0 Å². The van der Waals surface area contributed by atoms with E-state index in [2.05, 4.69) is 11.2 Å². The van der Waals surface area contributed by atoms with Crippen LogP contribution in [0, 0.1) is 17.8 Å². The Labute approximate surface area is 90.0 Å². The molecule has 0 N–H and O–H groups in total. The summed E-state index contributed by atoms with van der Waals surface area (Å²) < 4.78 is 5.05. The third kappa shape index (κ3) is 1.08. The maximum Gasteiger partial charge on any atom is 0.124 e. The molecule has 4 fully saturated rings. The van der Waals surface area contributed by atoms with E-state index in [1.165, 1.54) is 44.2 Å². The zero-order chi connectivity index (χ0) is 9.88. The highest BCUT2D eigenvalue weighted by molar-refractivity contribution is 5.20. The minimum absolute atomic E-state index is 0.418. The van der Waals surface area contributed by atoms with E-state index < -0.39 is 0 Å². The monoisotopic (exact) mass is 203 g/mol. The Morgan fingerprint density at radius 1 is 1.07 bits per heavy atom.